The number of amides is 1. The number of carbonyl (C=O) groups is 1. The molecule has 0 aliphatic carbocycles. The molecule has 6 nitrogen and oxygen atoms in total. The molecule has 160 valence electrons. The van der Waals surface area contributed by atoms with Crippen LogP contribution in [0.25, 0.3) is 16.9 Å². The van der Waals surface area contributed by atoms with Crippen molar-refractivity contribution in [1.29, 1.82) is 0 Å². The molecule has 0 spiro atoms. The lowest BCUT2D eigenvalue weighted by Crippen LogP contribution is -2.25. The van der Waals surface area contributed by atoms with Crippen LogP contribution in [0.1, 0.15) is 16.1 Å². The highest BCUT2D eigenvalue weighted by atomic mass is 35.5. The number of hydrogen-bond acceptors (Lipinski definition) is 4. The maximum Gasteiger partial charge on any atom is 0.270 e. The van der Waals surface area contributed by atoms with E-state index in [2.05, 4.69) is 10.4 Å². The maximum atomic E-state index is 13.3. The molecule has 2 heterocycles. The van der Waals surface area contributed by atoms with Gasteiger partial charge in [-0.1, -0.05) is 17.7 Å². The molecule has 1 aliphatic rings. The van der Waals surface area contributed by atoms with Crippen LogP contribution in [0, 0.1) is 5.82 Å². The minimum absolute atomic E-state index is 0.192. The fraction of sp³-hybridized carbons (Fsp3) is 0.0833. The molecule has 5 rings (SSSR count). The third kappa shape index (κ3) is 4.02. The van der Waals surface area contributed by atoms with Crippen LogP contribution in [0.5, 0.6) is 11.5 Å². The van der Waals surface area contributed by atoms with E-state index in [0.717, 1.165) is 5.56 Å². The summed E-state index contributed by atoms with van der Waals surface area (Å²) in [5.74, 6) is 0.692. The summed E-state index contributed by atoms with van der Waals surface area (Å²) in [7, 11) is 0. The summed E-state index contributed by atoms with van der Waals surface area (Å²) >= 11 is 6.01. The summed E-state index contributed by atoms with van der Waals surface area (Å²) in [6.45, 7) is 0.491. The van der Waals surface area contributed by atoms with Gasteiger partial charge in [0.25, 0.3) is 5.91 Å². The molecule has 32 heavy (non-hydrogen) atoms. The molecule has 0 atom stereocenters. The van der Waals surface area contributed by atoms with Crippen molar-refractivity contribution < 1.29 is 18.7 Å². The molecule has 0 saturated carbocycles. The lowest BCUT2D eigenvalue weighted by atomic mass is 10.1. The van der Waals surface area contributed by atoms with Crippen molar-refractivity contribution in [3.63, 3.8) is 0 Å². The van der Waals surface area contributed by atoms with E-state index in [-0.39, 0.29) is 18.5 Å². The van der Waals surface area contributed by atoms with Gasteiger partial charge in [0.15, 0.2) is 11.5 Å². The third-order valence-electron chi connectivity index (χ3n) is 5.04. The Bertz CT molecular complexity index is 1290. The van der Waals surface area contributed by atoms with Crippen LogP contribution in [0.2, 0.25) is 5.02 Å². The predicted molar refractivity (Wildman–Crippen MR) is 118 cm³/mol. The first kappa shape index (κ1) is 20.1. The zero-order valence-electron chi connectivity index (χ0n) is 16.7. The summed E-state index contributed by atoms with van der Waals surface area (Å²) in [6, 6.07) is 20.2. The first-order chi connectivity index (χ1) is 15.6. The van der Waals surface area contributed by atoms with Crippen molar-refractivity contribution in [2.75, 3.05) is 6.79 Å². The average Bonchev–Trinajstić information content (AvgIpc) is 3.45. The van der Waals surface area contributed by atoms with Crippen molar-refractivity contribution in [3.05, 3.63) is 94.9 Å². The highest BCUT2D eigenvalue weighted by Gasteiger charge is 2.19. The van der Waals surface area contributed by atoms with Gasteiger partial charge in [0.2, 0.25) is 6.79 Å². The fourth-order valence-electron chi connectivity index (χ4n) is 3.41. The summed E-state index contributed by atoms with van der Waals surface area (Å²) in [4.78, 5) is 13.1. The molecule has 1 aromatic heterocycles. The number of fused-ring (bicyclic) bond motifs is 1. The molecule has 4 aromatic rings. The molecule has 1 aliphatic heterocycles. The Morgan fingerprint density at radius 1 is 1.00 bits per heavy atom. The molecular weight excluding hydrogens is 433 g/mol. The zero-order chi connectivity index (χ0) is 22.1. The zero-order valence-corrected chi connectivity index (χ0v) is 17.5. The van der Waals surface area contributed by atoms with Crippen molar-refractivity contribution in [1.82, 2.24) is 15.1 Å². The number of ether oxygens (including phenoxy) is 2. The summed E-state index contributed by atoms with van der Waals surface area (Å²) in [5.41, 5.74) is 3.14. The Labute approximate surface area is 188 Å². The second-order valence-corrected chi connectivity index (χ2v) is 7.62. The summed E-state index contributed by atoms with van der Waals surface area (Å²) < 4.78 is 25.6. The number of halogens is 2. The summed E-state index contributed by atoms with van der Waals surface area (Å²) in [6.07, 6.45) is 0. The first-order valence-corrected chi connectivity index (χ1v) is 10.2. The van der Waals surface area contributed by atoms with Gasteiger partial charge in [0.05, 0.1) is 11.4 Å². The van der Waals surface area contributed by atoms with E-state index in [1.807, 2.05) is 18.2 Å². The van der Waals surface area contributed by atoms with Gasteiger partial charge in [0.1, 0.15) is 11.5 Å². The molecule has 0 unspecified atom stereocenters. The topological polar surface area (TPSA) is 65.4 Å². The Morgan fingerprint density at radius 3 is 2.53 bits per heavy atom. The second kappa shape index (κ2) is 8.36. The lowest BCUT2D eigenvalue weighted by Gasteiger charge is -2.09. The second-order valence-electron chi connectivity index (χ2n) is 7.18. The predicted octanol–water partition coefficient (Wildman–Crippen LogP) is 4.99. The third-order valence-corrected chi connectivity index (χ3v) is 5.30. The van der Waals surface area contributed by atoms with Gasteiger partial charge in [-0.05, 0) is 72.3 Å². The Balaban J connectivity index is 1.44. The molecule has 8 heteroatoms. The van der Waals surface area contributed by atoms with Crippen LogP contribution in [-0.2, 0) is 6.54 Å². The minimum Gasteiger partial charge on any atom is -0.454 e. The van der Waals surface area contributed by atoms with Gasteiger partial charge in [0, 0.05) is 17.1 Å². The minimum atomic E-state index is -0.340. The van der Waals surface area contributed by atoms with Gasteiger partial charge in [-0.15, -0.1) is 0 Å². The number of aromatic nitrogens is 2. The van der Waals surface area contributed by atoms with Crippen molar-refractivity contribution in [2.45, 2.75) is 6.54 Å². The quantitative estimate of drug-likeness (QED) is 0.466. The van der Waals surface area contributed by atoms with E-state index >= 15 is 0 Å². The highest BCUT2D eigenvalue weighted by molar-refractivity contribution is 6.30. The molecule has 3 aromatic carbocycles. The Kier molecular flexibility index (Phi) is 5.25. The van der Waals surface area contributed by atoms with Gasteiger partial charge < -0.3 is 14.8 Å². The van der Waals surface area contributed by atoms with Crippen LogP contribution in [0.4, 0.5) is 4.39 Å². The smallest absolute Gasteiger partial charge is 0.270 e. The van der Waals surface area contributed by atoms with E-state index in [1.54, 1.807) is 47.1 Å². The largest absolute Gasteiger partial charge is 0.454 e. The number of nitrogens with zero attached hydrogens (tertiary/aromatic N) is 2. The van der Waals surface area contributed by atoms with Gasteiger partial charge in [-0.2, -0.15) is 5.10 Å². The molecule has 1 amide bonds. The summed E-state index contributed by atoms with van der Waals surface area (Å²) in [5, 5.41) is 8.08. The number of hydrogen-bond donors (Lipinski definition) is 1. The van der Waals surface area contributed by atoms with Crippen LogP contribution in [0.3, 0.4) is 0 Å². The normalized spacial score (nSPS) is 12.1. The van der Waals surface area contributed by atoms with E-state index in [4.69, 9.17) is 21.1 Å². The van der Waals surface area contributed by atoms with Crippen molar-refractivity contribution >= 4 is 17.5 Å². The SMILES string of the molecule is O=C(NCc1ccc2c(c1)OCO2)c1cc(-c2ccc(F)cc2)nn1-c1ccc(Cl)cc1. The van der Waals surface area contributed by atoms with Crippen LogP contribution >= 0.6 is 11.6 Å². The van der Waals surface area contributed by atoms with E-state index in [0.29, 0.717) is 45.7 Å². The molecule has 0 bridgehead atoms. The number of benzene rings is 3. The first-order valence-electron chi connectivity index (χ1n) is 9.85. The standard InChI is InChI=1S/C24H17ClFN3O3/c25-17-4-8-19(9-5-17)29-21(12-20(28-29)16-2-6-18(26)7-3-16)24(30)27-13-15-1-10-22-23(11-15)32-14-31-22/h1-12H,13-14H2,(H,27,30). The van der Waals surface area contributed by atoms with Crippen LogP contribution < -0.4 is 14.8 Å². The number of rotatable bonds is 5. The van der Waals surface area contributed by atoms with Gasteiger partial charge in [-0.25, -0.2) is 9.07 Å². The van der Waals surface area contributed by atoms with E-state index < -0.39 is 0 Å². The lowest BCUT2D eigenvalue weighted by molar-refractivity contribution is 0.0943. The Morgan fingerprint density at radius 2 is 1.75 bits per heavy atom. The van der Waals surface area contributed by atoms with Gasteiger partial charge >= 0.3 is 0 Å². The van der Waals surface area contributed by atoms with Gasteiger partial charge in [-0.3, -0.25) is 4.79 Å². The molecule has 0 radical (unpaired) electrons. The number of nitrogens with one attached hydrogen (secondary N) is 1. The van der Waals surface area contributed by atoms with E-state index in [9.17, 15) is 9.18 Å². The monoisotopic (exact) mass is 449 g/mol. The van der Waals surface area contributed by atoms with Crippen LogP contribution in [0.15, 0.2) is 72.8 Å². The fourth-order valence-corrected chi connectivity index (χ4v) is 3.53. The molecular formula is C24H17ClFN3O3. The average molecular weight is 450 g/mol. The molecule has 1 N–H and O–H groups in total. The Hall–Kier alpha value is -3.84. The van der Waals surface area contributed by atoms with Crippen molar-refractivity contribution in [2.24, 2.45) is 0 Å². The molecule has 0 saturated heterocycles. The molecule has 0 fully saturated rings. The number of carbonyl (C=O) groups excluding carboxylic acids is 1. The van der Waals surface area contributed by atoms with E-state index in [1.165, 1.54) is 12.1 Å². The maximum absolute atomic E-state index is 13.3. The highest BCUT2D eigenvalue weighted by Crippen LogP contribution is 2.32. The van der Waals surface area contributed by atoms with Crippen LogP contribution in [-0.4, -0.2) is 22.5 Å². The van der Waals surface area contributed by atoms with Crippen molar-refractivity contribution in [3.8, 4) is 28.4 Å².